The maximum absolute atomic E-state index is 13.8. The number of halogens is 3. The standard InChI is InChI=1S/C24H26Cl2FN7/c1-15-4-3-9-33(15)21-13-20(17-5-6-19(27)18(25)12-17)30-24(31-21)34-11-10-32(14-16(34)2)23-22(26)28-7-8-29-23/h5-8,12-13,15-16H,3-4,9-11,14H2,1-2H3/t15?,16-/m1/s1. The van der Waals surface area contributed by atoms with Crippen LogP contribution in [0.4, 0.5) is 22.0 Å². The number of benzene rings is 1. The van der Waals surface area contributed by atoms with Crippen LogP contribution in [0.5, 0.6) is 0 Å². The summed E-state index contributed by atoms with van der Waals surface area (Å²) in [6, 6.07) is 7.21. The molecule has 34 heavy (non-hydrogen) atoms. The highest BCUT2D eigenvalue weighted by Crippen LogP contribution is 2.32. The molecule has 0 aliphatic carbocycles. The first-order valence-electron chi connectivity index (χ1n) is 11.5. The van der Waals surface area contributed by atoms with Gasteiger partial charge in [-0.3, -0.25) is 0 Å². The summed E-state index contributed by atoms with van der Waals surface area (Å²) in [6.07, 6.45) is 5.51. The Kier molecular flexibility index (Phi) is 6.44. The lowest BCUT2D eigenvalue weighted by molar-refractivity contribution is 0.536. The molecule has 2 atom stereocenters. The monoisotopic (exact) mass is 501 g/mol. The molecule has 4 heterocycles. The lowest BCUT2D eigenvalue weighted by atomic mass is 10.1. The van der Waals surface area contributed by atoms with Crippen molar-refractivity contribution in [3.05, 3.63) is 52.7 Å². The minimum atomic E-state index is -0.444. The highest BCUT2D eigenvalue weighted by atomic mass is 35.5. The van der Waals surface area contributed by atoms with E-state index >= 15 is 0 Å². The summed E-state index contributed by atoms with van der Waals surface area (Å²) in [4.78, 5) is 25.1. The third-order valence-corrected chi connectivity index (χ3v) is 7.14. The molecule has 2 fully saturated rings. The molecule has 10 heteroatoms. The zero-order valence-corrected chi connectivity index (χ0v) is 20.6. The lowest BCUT2D eigenvalue weighted by Gasteiger charge is -2.40. The molecule has 0 bridgehead atoms. The minimum Gasteiger partial charge on any atom is -0.354 e. The molecule has 0 radical (unpaired) electrons. The Bertz CT molecular complexity index is 1190. The van der Waals surface area contributed by atoms with Gasteiger partial charge >= 0.3 is 0 Å². The number of hydrogen-bond donors (Lipinski definition) is 0. The maximum atomic E-state index is 13.8. The average molecular weight is 502 g/mol. The van der Waals surface area contributed by atoms with Gasteiger partial charge in [0.15, 0.2) is 11.0 Å². The number of rotatable bonds is 4. The lowest BCUT2D eigenvalue weighted by Crippen LogP contribution is -2.53. The van der Waals surface area contributed by atoms with Gasteiger partial charge in [0.2, 0.25) is 5.95 Å². The van der Waals surface area contributed by atoms with Crippen LogP contribution in [0.15, 0.2) is 36.7 Å². The summed E-state index contributed by atoms with van der Waals surface area (Å²) < 4.78 is 13.8. The second-order valence-corrected chi connectivity index (χ2v) is 9.65. The fraction of sp³-hybridized carbons (Fsp3) is 0.417. The van der Waals surface area contributed by atoms with Crippen LogP contribution in [0.2, 0.25) is 10.2 Å². The van der Waals surface area contributed by atoms with Gasteiger partial charge in [-0.2, -0.15) is 4.98 Å². The Balaban J connectivity index is 1.49. The summed E-state index contributed by atoms with van der Waals surface area (Å²) in [6.45, 7) is 7.44. The van der Waals surface area contributed by atoms with Gasteiger partial charge in [0, 0.05) is 62.3 Å². The second-order valence-electron chi connectivity index (χ2n) is 8.88. The van der Waals surface area contributed by atoms with Crippen LogP contribution < -0.4 is 14.7 Å². The molecule has 1 aromatic carbocycles. The molecule has 7 nitrogen and oxygen atoms in total. The molecular weight excluding hydrogens is 476 g/mol. The SMILES string of the molecule is CC1CCCN1c1cc(-c2ccc(F)c(Cl)c2)nc(N2CCN(c3nccnc3Cl)C[C@H]2C)n1. The summed E-state index contributed by atoms with van der Waals surface area (Å²) in [5.41, 5.74) is 1.49. The summed E-state index contributed by atoms with van der Waals surface area (Å²) in [5, 5.41) is 0.483. The largest absolute Gasteiger partial charge is 0.354 e. The van der Waals surface area contributed by atoms with Crippen molar-refractivity contribution in [2.24, 2.45) is 0 Å². The van der Waals surface area contributed by atoms with Gasteiger partial charge in [0.1, 0.15) is 11.6 Å². The first-order valence-corrected chi connectivity index (χ1v) is 12.3. The number of hydrogen-bond acceptors (Lipinski definition) is 7. The molecule has 2 aliphatic heterocycles. The van der Waals surface area contributed by atoms with Crippen LogP contribution >= 0.6 is 23.2 Å². The van der Waals surface area contributed by atoms with Gasteiger partial charge in [0.25, 0.3) is 0 Å². The van der Waals surface area contributed by atoms with E-state index in [1.165, 1.54) is 6.07 Å². The molecule has 0 amide bonds. The average Bonchev–Trinajstić information content (AvgIpc) is 3.26. The molecule has 5 rings (SSSR count). The van der Waals surface area contributed by atoms with Gasteiger partial charge in [0.05, 0.1) is 10.7 Å². The van der Waals surface area contributed by atoms with E-state index in [-0.39, 0.29) is 11.1 Å². The molecule has 2 saturated heterocycles. The van der Waals surface area contributed by atoms with E-state index < -0.39 is 5.82 Å². The zero-order chi connectivity index (χ0) is 23.8. The van der Waals surface area contributed by atoms with Crippen LogP contribution in [-0.4, -0.2) is 58.2 Å². The van der Waals surface area contributed by atoms with Crippen LogP contribution in [0.25, 0.3) is 11.3 Å². The molecular formula is C24H26Cl2FN7. The Morgan fingerprint density at radius 3 is 2.47 bits per heavy atom. The number of aromatic nitrogens is 4. The first-order chi connectivity index (χ1) is 16.4. The highest BCUT2D eigenvalue weighted by molar-refractivity contribution is 6.31. The molecule has 0 spiro atoms. The van der Waals surface area contributed by atoms with Crippen LogP contribution in [0.3, 0.4) is 0 Å². The highest BCUT2D eigenvalue weighted by Gasteiger charge is 2.30. The predicted molar refractivity (Wildman–Crippen MR) is 135 cm³/mol. The number of piperazine rings is 1. The summed E-state index contributed by atoms with van der Waals surface area (Å²) in [7, 11) is 0. The molecule has 178 valence electrons. The Labute approximate surface area is 208 Å². The van der Waals surface area contributed by atoms with E-state index in [0.717, 1.165) is 36.5 Å². The van der Waals surface area contributed by atoms with Crippen molar-refractivity contribution in [3.63, 3.8) is 0 Å². The van der Waals surface area contributed by atoms with Crippen LogP contribution in [0, 0.1) is 5.82 Å². The number of anilines is 3. The van der Waals surface area contributed by atoms with Gasteiger partial charge in [-0.15, -0.1) is 0 Å². The van der Waals surface area contributed by atoms with Gasteiger partial charge in [-0.05, 0) is 44.9 Å². The van der Waals surface area contributed by atoms with Gasteiger partial charge in [-0.1, -0.05) is 23.2 Å². The van der Waals surface area contributed by atoms with Crippen molar-refractivity contribution in [1.82, 2.24) is 19.9 Å². The molecule has 0 saturated carbocycles. The zero-order valence-electron chi connectivity index (χ0n) is 19.1. The van der Waals surface area contributed by atoms with Crippen LogP contribution in [0.1, 0.15) is 26.7 Å². The molecule has 2 aliphatic rings. The normalized spacial score (nSPS) is 20.8. The maximum Gasteiger partial charge on any atom is 0.228 e. The fourth-order valence-electron chi connectivity index (χ4n) is 4.75. The van der Waals surface area contributed by atoms with E-state index in [2.05, 4.69) is 38.5 Å². The molecule has 0 N–H and O–H groups in total. The van der Waals surface area contributed by atoms with Crippen molar-refractivity contribution in [1.29, 1.82) is 0 Å². The van der Waals surface area contributed by atoms with Crippen molar-refractivity contribution >= 4 is 40.8 Å². The second kappa shape index (κ2) is 9.50. The van der Waals surface area contributed by atoms with E-state index in [1.807, 2.05) is 6.07 Å². The quantitative estimate of drug-likeness (QED) is 0.493. The van der Waals surface area contributed by atoms with Crippen molar-refractivity contribution < 1.29 is 4.39 Å². The molecule has 1 unspecified atom stereocenters. The summed E-state index contributed by atoms with van der Waals surface area (Å²) in [5.74, 6) is 1.79. The fourth-order valence-corrected chi connectivity index (χ4v) is 5.15. The van der Waals surface area contributed by atoms with E-state index in [9.17, 15) is 4.39 Å². The third-order valence-electron chi connectivity index (χ3n) is 6.58. The molecule has 2 aromatic heterocycles. The van der Waals surface area contributed by atoms with E-state index in [1.54, 1.807) is 24.5 Å². The minimum absolute atomic E-state index is 0.0802. The van der Waals surface area contributed by atoms with Crippen molar-refractivity contribution in [3.8, 4) is 11.3 Å². The summed E-state index contributed by atoms with van der Waals surface area (Å²) >= 11 is 12.4. The Morgan fingerprint density at radius 1 is 0.941 bits per heavy atom. The topological polar surface area (TPSA) is 61.3 Å². The molecule has 3 aromatic rings. The first kappa shape index (κ1) is 23.1. The van der Waals surface area contributed by atoms with Crippen molar-refractivity contribution in [2.45, 2.75) is 38.8 Å². The van der Waals surface area contributed by atoms with Gasteiger partial charge in [-0.25, -0.2) is 19.3 Å². The Morgan fingerprint density at radius 2 is 1.76 bits per heavy atom. The van der Waals surface area contributed by atoms with Gasteiger partial charge < -0.3 is 14.7 Å². The predicted octanol–water partition coefficient (Wildman–Crippen LogP) is 5.08. The van der Waals surface area contributed by atoms with Crippen LogP contribution in [-0.2, 0) is 0 Å². The number of nitrogens with zero attached hydrogens (tertiary/aromatic N) is 7. The smallest absolute Gasteiger partial charge is 0.228 e. The van der Waals surface area contributed by atoms with E-state index in [0.29, 0.717) is 42.6 Å². The third kappa shape index (κ3) is 4.49. The Hall–Kier alpha value is -2.71. The van der Waals surface area contributed by atoms with E-state index in [4.69, 9.17) is 33.2 Å². The van der Waals surface area contributed by atoms with Crippen molar-refractivity contribution in [2.75, 3.05) is 40.9 Å².